The van der Waals surface area contributed by atoms with Crippen LogP contribution in [0.1, 0.15) is 421 Å². The van der Waals surface area contributed by atoms with Crippen LogP contribution in [0.5, 0.6) is 0 Å². The Labute approximate surface area is 613 Å². The molecule has 0 spiro atoms. The first-order chi connectivity index (χ1) is 48.2. The van der Waals surface area contributed by atoms with Gasteiger partial charge in [-0.25, -0.2) is 9.13 Å². The molecule has 0 saturated carbocycles. The molecular formula is C81H158O17P2. The van der Waals surface area contributed by atoms with Crippen molar-refractivity contribution in [3.05, 3.63) is 0 Å². The molecule has 5 atom stereocenters. The number of esters is 4. The molecule has 2 unspecified atom stereocenters. The maximum Gasteiger partial charge on any atom is 0.472 e. The highest BCUT2D eigenvalue weighted by molar-refractivity contribution is 7.47. The van der Waals surface area contributed by atoms with E-state index >= 15 is 0 Å². The molecule has 0 bridgehead atoms. The standard InChI is InChI=1S/C81H158O17P2/c1-8-9-10-11-12-13-14-15-16-19-26-31-36-41-50-57-65-81(86)98-77(69-92-79(84)63-56-49-44-43-47-54-61-74(6)7)71-96-100(89,90)94-67-75(82)66-93-99(87,88)95-70-76(68-91-78(83)62-55-48-40-35-30-25-22-21-24-29-34-39-46-53-60-73(4)5)97-80(85)64-58-51-42-37-32-27-20-17-18-23-28-33-38-45-52-59-72(2)3/h72-77,82H,8-71H2,1-7H3,(H,87,88)(H,89,90)/t75-,76-,77-/m1/s1. The predicted molar refractivity (Wildman–Crippen MR) is 409 cm³/mol. The van der Waals surface area contributed by atoms with Gasteiger partial charge in [-0.3, -0.25) is 37.3 Å². The minimum Gasteiger partial charge on any atom is -0.462 e. The molecule has 0 amide bonds. The van der Waals surface area contributed by atoms with Crippen molar-refractivity contribution >= 4 is 39.5 Å². The number of hydrogen-bond donors (Lipinski definition) is 3. The van der Waals surface area contributed by atoms with E-state index in [0.717, 1.165) is 108 Å². The minimum absolute atomic E-state index is 0.107. The summed E-state index contributed by atoms with van der Waals surface area (Å²) >= 11 is 0. The largest absolute Gasteiger partial charge is 0.472 e. The Balaban J connectivity index is 5.23. The zero-order chi connectivity index (χ0) is 73.7. The fraction of sp³-hybridized carbons (Fsp3) is 0.951. The third kappa shape index (κ3) is 74.3. The molecule has 0 aromatic rings. The van der Waals surface area contributed by atoms with E-state index in [-0.39, 0.29) is 25.7 Å². The van der Waals surface area contributed by atoms with Gasteiger partial charge < -0.3 is 33.8 Å². The highest BCUT2D eigenvalue weighted by Gasteiger charge is 2.30. The molecule has 0 aromatic heterocycles. The van der Waals surface area contributed by atoms with Crippen molar-refractivity contribution < 1.29 is 80.2 Å². The topological polar surface area (TPSA) is 237 Å². The molecule has 0 heterocycles. The van der Waals surface area contributed by atoms with Crippen LogP contribution in [-0.2, 0) is 65.4 Å². The maximum absolute atomic E-state index is 13.1. The summed E-state index contributed by atoms with van der Waals surface area (Å²) in [5.74, 6) is 0.169. The first kappa shape index (κ1) is 98.1. The molecule has 3 N–H and O–H groups in total. The minimum atomic E-state index is -4.96. The van der Waals surface area contributed by atoms with E-state index in [9.17, 15) is 43.2 Å². The van der Waals surface area contributed by atoms with Crippen molar-refractivity contribution in [2.45, 2.75) is 439 Å². The van der Waals surface area contributed by atoms with E-state index < -0.39 is 97.5 Å². The fourth-order valence-electron chi connectivity index (χ4n) is 12.5. The van der Waals surface area contributed by atoms with E-state index in [0.29, 0.717) is 31.6 Å². The van der Waals surface area contributed by atoms with Crippen LogP contribution in [0.2, 0.25) is 0 Å². The summed E-state index contributed by atoms with van der Waals surface area (Å²) in [4.78, 5) is 73.0. The number of unbranched alkanes of at least 4 members (excludes halogenated alkanes) is 47. The van der Waals surface area contributed by atoms with Crippen LogP contribution in [0.25, 0.3) is 0 Å². The first-order valence-electron chi connectivity index (χ1n) is 41.8. The summed E-state index contributed by atoms with van der Waals surface area (Å²) in [6.07, 6.45) is 59.8. The summed E-state index contributed by atoms with van der Waals surface area (Å²) in [6.45, 7) is 11.9. The van der Waals surface area contributed by atoms with Crippen molar-refractivity contribution in [3.63, 3.8) is 0 Å². The van der Waals surface area contributed by atoms with Gasteiger partial charge in [-0.15, -0.1) is 0 Å². The van der Waals surface area contributed by atoms with Gasteiger partial charge in [-0.2, -0.15) is 0 Å². The van der Waals surface area contributed by atoms with E-state index in [1.807, 2.05) is 0 Å². The molecule has 0 aliphatic carbocycles. The van der Waals surface area contributed by atoms with Crippen molar-refractivity contribution in [1.82, 2.24) is 0 Å². The third-order valence-corrected chi connectivity index (χ3v) is 20.8. The highest BCUT2D eigenvalue weighted by atomic mass is 31.2. The summed E-state index contributed by atoms with van der Waals surface area (Å²) in [7, 11) is -9.92. The van der Waals surface area contributed by atoms with Gasteiger partial charge in [0.1, 0.15) is 19.3 Å². The van der Waals surface area contributed by atoms with E-state index in [1.165, 1.54) is 225 Å². The van der Waals surface area contributed by atoms with E-state index in [2.05, 4.69) is 48.5 Å². The van der Waals surface area contributed by atoms with Gasteiger partial charge in [0.15, 0.2) is 12.2 Å². The molecule has 0 aliphatic heterocycles. The lowest BCUT2D eigenvalue weighted by Crippen LogP contribution is -2.30. The van der Waals surface area contributed by atoms with Crippen LogP contribution in [0.15, 0.2) is 0 Å². The zero-order valence-corrected chi connectivity index (χ0v) is 67.5. The number of carbonyl (C=O) groups excluding carboxylic acids is 4. The number of phosphoric ester groups is 2. The Morgan fingerprint density at radius 1 is 0.270 bits per heavy atom. The lowest BCUT2D eigenvalue weighted by atomic mass is 10.0. The van der Waals surface area contributed by atoms with Crippen LogP contribution in [0, 0.1) is 17.8 Å². The monoisotopic (exact) mass is 1470 g/mol. The molecule has 17 nitrogen and oxygen atoms in total. The quantitative estimate of drug-likeness (QED) is 0.0222. The molecule has 0 saturated heterocycles. The highest BCUT2D eigenvalue weighted by Crippen LogP contribution is 2.45. The Morgan fingerprint density at radius 3 is 0.680 bits per heavy atom. The molecule has 594 valence electrons. The van der Waals surface area contributed by atoms with Gasteiger partial charge in [0.25, 0.3) is 0 Å². The molecule has 0 radical (unpaired) electrons. The molecular weight excluding hydrogens is 1310 g/mol. The van der Waals surface area contributed by atoms with Crippen LogP contribution in [0.3, 0.4) is 0 Å². The molecule has 0 aromatic carbocycles. The number of ether oxygens (including phenoxy) is 4. The van der Waals surface area contributed by atoms with Crippen molar-refractivity contribution in [1.29, 1.82) is 0 Å². The van der Waals surface area contributed by atoms with Gasteiger partial charge in [-0.1, -0.05) is 370 Å². The third-order valence-electron chi connectivity index (χ3n) is 18.9. The molecule has 0 aliphatic rings. The number of rotatable bonds is 79. The SMILES string of the molecule is CCCCCCCCCCCCCCCCCCC(=O)O[C@H](COC(=O)CCCCCCCCC(C)C)COP(=O)(O)OC[C@H](O)COP(=O)(O)OC[C@@H](COC(=O)CCCCCCCCCCCCCCCCC(C)C)OC(=O)CCCCCCCCCCCCCCCCCC(C)C. The lowest BCUT2D eigenvalue weighted by molar-refractivity contribution is -0.161. The number of aliphatic hydroxyl groups is 1. The molecule has 19 heteroatoms. The Kier molecular flexibility index (Phi) is 69.9. The second kappa shape index (κ2) is 71.3. The van der Waals surface area contributed by atoms with Crippen molar-refractivity contribution in [2.75, 3.05) is 39.6 Å². The average molecular weight is 1470 g/mol. The van der Waals surface area contributed by atoms with Crippen LogP contribution in [0.4, 0.5) is 0 Å². The van der Waals surface area contributed by atoms with Gasteiger partial charge in [-0.05, 0) is 43.4 Å². The van der Waals surface area contributed by atoms with Crippen molar-refractivity contribution in [2.24, 2.45) is 17.8 Å². The number of carbonyl (C=O) groups is 4. The van der Waals surface area contributed by atoms with Gasteiger partial charge in [0, 0.05) is 25.7 Å². The number of aliphatic hydroxyl groups excluding tert-OH is 1. The van der Waals surface area contributed by atoms with Crippen LogP contribution >= 0.6 is 15.6 Å². The summed E-state index contributed by atoms with van der Waals surface area (Å²) in [6, 6.07) is 0. The average Bonchev–Trinajstić information content (AvgIpc) is 0.945. The molecule has 100 heavy (non-hydrogen) atoms. The summed E-state index contributed by atoms with van der Waals surface area (Å²) in [5.41, 5.74) is 0. The van der Waals surface area contributed by atoms with E-state index in [1.54, 1.807) is 0 Å². The Hall–Kier alpha value is -1.94. The van der Waals surface area contributed by atoms with Crippen molar-refractivity contribution in [3.8, 4) is 0 Å². The van der Waals surface area contributed by atoms with Gasteiger partial charge in [0.2, 0.25) is 0 Å². The van der Waals surface area contributed by atoms with Crippen LogP contribution in [-0.4, -0.2) is 96.7 Å². The Morgan fingerprint density at radius 2 is 0.460 bits per heavy atom. The lowest BCUT2D eigenvalue weighted by Gasteiger charge is -2.21. The maximum atomic E-state index is 13.1. The second-order valence-electron chi connectivity index (χ2n) is 30.6. The smallest absolute Gasteiger partial charge is 0.462 e. The first-order valence-corrected chi connectivity index (χ1v) is 44.8. The predicted octanol–water partition coefficient (Wildman–Crippen LogP) is 24.1. The van der Waals surface area contributed by atoms with Crippen LogP contribution < -0.4 is 0 Å². The van der Waals surface area contributed by atoms with Gasteiger partial charge >= 0.3 is 39.5 Å². The number of phosphoric acid groups is 2. The number of hydrogen-bond acceptors (Lipinski definition) is 15. The zero-order valence-electron chi connectivity index (χ0n) is 65.7. The summed E-state index contributed by atoms with van der Waals surface area (Å²) < 4.78 is 68.7. The molecule has 0 fully saturated rings. The summed E-state index contributed by atoms with van der Waals surface area (Å²) in [5, 5.41) is 10.6. The Bertz CT molecular complexity index is 1940. The van der Waals surface area contributed by atoms with Gasteiger partial charge in [0.05, 0.1) is 26.4 Å². The fourth-order valence-corrected chi connectivity index (χ4v) is 14.1. The van der Waals surface area contributed by atoms with E-state index in [4.69, 9.17) is 37.0 Å². The normalized spacial score (nSPS) is 14.0. The molecule has 0 rings (SSSR count). The second-order valence-corrected chi connectivity index (χ2v) is 33.5.